The molecule has 1 saturated carbocycles. The van der Waals surface area contributed by atoms with Gasteiger partial charge in [-0.05, 0) is 86.1 Å². The summed E-state index contributed by atoms with van der Waals surface area (Å²) in [4.78, 5) is 10.9. The lowest BCUT2D eigenvalue weighted by atomic mass is 9.89. The molecule has 0 aromatic heterocycles. The van der Waals surface area contributed by atoms with Crippen molar-refractivity contribution in [1.82, 2.24) is 0 Å². The maximum absolute atomic E-state index is 13.3. The number of halogens is 3. The summed E-state index contributed by atoms with van der Waals surface area (Å²) in [6.45, 7) is 21.6. The Hall–Kier alpha value is -1.93. The van der Waals surface area contributed by atoms with Gasteiger partial charge >= 0.3 is 12.1 Å². The molecule has 2 rings (SSSR count). The summed E-state index contributed by atoms with van der Waals surface area (Å²) in [6.07, 6.45) is 4.61. The second-order valence-electron chi connectivity index (χ2n) is 15.6. The summed E-state index contributed by atoms with van der Waals surface area (Å²) in [5.41, 5.74) is -0.771. The predicted molar refractivity (Wildman–Crippen MR) is 183 cm³/mol. The molecule has 5 atom stereocenters. The van der Waals surface area contributed by atoms with Crippen molar-refractivity contribution in [3.63, 3.8) is 0 Å². The maximum atomic E-state index is 13.3. The first kappa shape index (κ1) is 40.2. The molecule has 0 radical (unpaired) electrons. The number of carboxylic acid groups (broad SMARTS) is 1. The monoisotopic (exact) mass is 686 g/mol. The highest BCUT2D eigenvalue weighted by Crippen LogP contribution is 2.44. The van der Waals surface area contributed by atoms with Crippen molar-refractivity contribution in [2.75, 3.05) is 6.61 Å². The third-order valence-electron chi connectivity index (χ3n) is 9.86. The number of alkyl halides is 3. The number of carbonyl (C=O) groups is 1. The second-order valence-corrected chi connectivity index (χ2v) is 25.1. The van der Waals surface area contributed by atoms with E-state index in [4.69, 9.17) is 18.7 Å². The number of ether oxygens (including phenoxy) is 1. The van der Waals surface area contributed by atoms with Gasteiger partial charge in [0.15, 0.2) is 16.6 Å². The number of allylic oxidation sites excluding steroid dienone is 2. The fraction of sp³-hybridized carbons (Fsp3) is 0.686. The highest BCUT2D eigenvalue weighted by atomic mass is 28.4. The van der Waals surface area contributed by atoms with Crippen molar-refractivity contribution >= 4 is 22.6 Å². The molecule has 1 unspecified atom stereocenters. The Morgan fingerprint density at radius 2 is 1.65 bits per heavy atom. The fourth-order valence-corrected chi connectivity index (χ4v) is 7.60. The van der Waals surface area contributed by atoms with Crippen LogP contribution in [-0.2, 0) is 19.8 Å². The molecule has 0 aliphatic heterocycles. The van der Waals surface area contributed by atoms with Crippen LogP contribution in [0.4, 0.5) is 13.2 Å². The second kappa shape index (κ2) is 16.0. The van der Waals surface area contributed by atoms with Crippen LogP contribution in [0.25, 0.3) is 0 Å². The summed E-state index contributed by atoms with van der Waals surface area (Å²) in [7, 11) is -4.50. The zero-order chi connectivity index (χ0) is 35.1. The number of rotatable bonds is 15. The summed E-state index contributed by atoms with van der Waals surface area (Å²) in [5, 5.41) is 20.0. The molecule has 1 fully saturated rings. The Labute approximate surface area is 276 Å². The number of aliphatic carboxylic acids is 1. The summed E-state index contributed by atoms with van der Waals surface area (Å²) >= 11 is 0. The lowest BCUT2D eigenvalue weighted by Crippen LogP contribution is -2.45. The van der Waals surface area contributed by atoms with E-state index < -0.39 is 46.6 Å². The van der Waals surface area contributed by atoms with Gasteiger partial charge in [0.05, 0.1) is 23.9 Å². The standard InChI is InChI=1S/C35H57F3O6Si2/c1-33(2,3)45(7,8)43-27(24-42-26-17-15-16-25(22-26)35(36,37)38)20-21-29-28(18-13-11-12-14-19-32(40)41)30(39)23-31(29)44-46(9,10)34(4,5)6/h11,13,15-17,20-22,27-31,39H,12,14,18-19,23-24H2,1-10H3,(H,40,41)/b13-11-,21-20+/t27-,28-,29-,30+,31?/m1/s1. The van der Waals surface area contributed by atoms with Gasteiger partial charge in [-0.15, -0.1) is 0 Å². The van der Waals surface area contributed by atoms with Crippen molar-refractivity contribution < 1.29 is 41.8 Å². The minimum atomic E-state index is -4.47. The van der Waals surface area contributed by atoms with E-state index in [1.165, 1.54) is 12.1 Å². The van der Waals surface area contributed by atoms with E-state index in [-0.39, 0.29) is 46.8 Å². The van der Waals surface area contributed by atoms with Crippen molar-refractivity contribution in [2.45, 2.75) is 134 Å². The minimum Gasteiger partial charge on any atom is -0.491 e. The van der Waals surface area contributed by atoms with Gasteiger partial charge in [0.2, 0.25) is 0 Å². The smallest absolute Gasteiger partial charge is 0.416 e. The van der Waals surface area contributed by atoms with E-state index in [0.29, 0.717) is 25.7 Å². The van der Waals surface area contributed by atoms with Crippen molar-refractivity contribution in [1.29, 1.82) is 0 Å². The minimum absolute atomic E-state index is 0.0267. The van der Waals surface area contributed by atoms with Crippen molar-refractivity contribution in [3.8, 4) is 5.75 Å². The van der Waals surface area contributed by atoms with E-state index in [0.717, 1.165) is 12.1 Å². The third-order valence-corrected chi connectivity index (χ3v) is 18.9. The molecule has 1 aromatic rings. The molecule has 0 spiro atoms. The van der Waals surface area contributed by atoms with Gasteiger partial charge < -0.3 is 23.8 Å². The third kappa shape index (κ3) is 11.9. The lowest BCUT2D eigenvalue weighted by Gasteiger charge is -2.40. The number of hydrogen-bond donors (Lipinski definition) is 2. The number of carboxylic acids is 1. The molecular formula is C35H57F3O6Si2. The zero-order valence-corrected chi connectivity index (χ0v) is 31.4. The first-order valence-corrected chi connectivity index (χ1v) is 22.1. The van der Waals surface area contributed by atoms with Crippen LogP contribution >= 0.6 is 0 Å². The molecule has 0 saturated heterocycles. The molecule has 46 heavy (non-hydrogen) atoms. The number of benzene rings is 1. The van der Waals surface area contributed by atoms with Gasteiger partial charge in [0.25, 0.3) is 0 Å². The predicted octanol–water partition coefficient (Wildman–Crippen LogP) is 9.62. The normalized spacial score (nSPS) is 22.6. The molecule has 0 amide bonds. The van der Waals surface area contributed by atoms with Crippen LogP contribution < -0.4 is 4.74 Å². The van der Waals surface area contributed by atoms with Crippen LogP contribution in [0.1, 0.15) is 79.2 Å². The first-order valence-electron chi connectivity index (χ1n) is 16.3. The van der Waals surface area contributed by atoms with Crippen LogP contribution in [-0.4, -0.2) is 57.7 Å². The largest absolute Gasteiger partial charge is 0.491 e. The Morgan fingerprint density at radius 3 is 2.22 bits per heavy atom. The van der Waals surface area contributed by atoms with E-state index in [9.17, 15) is 23.1 Å². The van der Waals surface area contributed by atoms with Gasteiger partial charge in [0, 0.05) is 12.3 Å². The molecule has 2 N–H and O–H groups in total. The van der Waals surface area contributed by atoms with Crippen LogP contribution in [0.2, 0.25) is 36.3 Å². The molecule has 0 bridgehead atoms. The van der Waals surface area contributed by atoms with Crippen molar-refractivity contribution in [2.24, 2.45) is 11.8 Å². The van der Waals surface area contributed by atoms with Gasteiger partial charge in [-0.3, -0.25) is 4.79 Å². The summed E-state index contributed by atoms with van der Waals surface area (Å²) < 4.78 is 59.6. The van der Waals surface area contributed by atoms with Crippen LogP contribution in [0.3, 0.4) is 0 Å². The fourth-order valence-electron chi connectivity index (χ4n) is 4.98. The molecule has 11 heteroatoms. The quantitative estimate of drug-likeness (QED) is 0.109. The molecule has 1 aliphatic rings. The SMILES string of the molecule is CC(C)(C)[Si](C)(C)OC1C[C@H](O)[C@H](C/C=C\CCCC(=O)O)[C@H]1/C=C/[C@H](COc1cccc(C(F)(F)F)c1)O[Si](C)(C)C(C)(C)C. The van der Waals surface area contributed by atoms with E-state index in [1.807, 2.05) is 18.2 Å². The van der Waals surface area contributed by atoms with Gasteiger partial charge in [0.1, 0.15) is 12.4 Å². The van der Waals surface area contributed by atoms with Gasteiger partial charge in [-0.1, -0.05) is 71.9 Å². The molecular weight excluding hydrogens is 630 g/mol. The Morgan fingerprint density at radius 1 is 1.02 bits per heavy atom. The van der Waals surface area contributed by atoms with Gasteiger partial charge in [-0.25, -0.2) is 0 Å². The average Bonchev–Trinajstić information content (AvgIpc) is 3.18. The highest BCUT2D eigenvalue weighted by Gasteiger charge is 2.47. The lowest BCUT2D eigenvalue weighted by molar-refractivity contribution is -0.138. The van der Waals surface area contributed by atoms with Crippen LogP contribution in [0.15, 0.2) is 48.6 Å². The summed E-state index contributed by atoms with van der Waals surface area (Å²) in [5.74, 6) is -0.957. The van der Waals surface area contributed by atoms with Crippen LogP contribution in [0, 0.1) is 11.8 Å². The maximum Gasteiger partial charge on any atom is 0.416 e. The van der Waals surface area contributed by atoms with E-state index in [1.54, 1.807) is 0 Å². The number of unbranched alkanes of at least 4 members (excludes halogenated alkanes) is 1. The Kier molecular flexibility index (Phi) is 14.0. The highest BCUT2D eigenvalue weighted by molar-refractivity contribution is 6.74. The molecule has 6 nitrogen and oxygen atoms in total. The van der Waals surface area contributed by atoms with Crippen LogP contribution in [0.5, 0.6) is 5.75 Å². The molecule has 1 aliphatic carbocycles. The van der Waals surface area contributed by atoms with Crippen molar-refractivity contribution in [3.05, 3.63) is 54.1 Å². The van der Waals surface area contributed by atoms with Gasteiger partial charge in [-0.2, -0.15) is 13.2 Å². The Balaban J connectivity index is 2.40. The number of hydrogen-bond acceptors (Lipinski definition) is 5. The topological polar surface area (TPSA) is 85.2 Å². The molecule has 1 aromatic carbocycles. The Bertz CT molecular complexity index is 1180. The zero-order valence-electron chi connectivity index (χ0n) is 29.4. The molecule has 262 valence electrons. The van der Waals surface area contributed by atoms with E-state index in [2.05, 4.69) is 73.8 Å². The first-order chi connectivity index (χ1) is 20.9. The number of aliphatic hydroxyl groups is 1. The summed E-state index contributed by atoms with van der Waals surface area (Å²) in [6, 6.07) is 4.87. The van der Waals surface area contributed by atoms with E-state index >= 15 is 0 Å². The molecule has 0 heterocycles. The average molecular weight is 687 g/mol. The number of aliphatic hydroxyl groups excluding tert-OH is 1.